The van der Waals surface area contributed by atoms with Gasteiger partial charge in [-0.3, -0.25) is 4.79 Å². The first-order valence-electron chi connectivity index (χ1n) is 5.41. The molecule has 0 aromatic carbocycles. The Hall–Kier alpha value is -0.280. The molecule has 0 aromatic rings. The fourth-order valence-corrected chi connectivity index (χ4v) is 1.62. The van der Waals surface area contributed by atoms with Crippen molar-refractivity contribution in [3.05, 3.63) is 0 Å². The average molecular weight is 234 g/mol. The van der Waals surface area contributed by atoms with Crippen LogP contribution < -0.4 is 5.32 Å². The van der Waals surface area contributed by atoms with Crippen LogP contribution in [0.4, 0.5) is 0 Å². The molecule has 0 aromatic heterocycles. The lowest BCUT2D eigenvalue weighted by Gasteiger charge is -2.22. The Balaban J connectivity index is 2.34. The molecular formula is C11H20ClNO2. The maximum Gasteiger partial charge on any atom is 0.226 e. The van der Waals surface area contributed by atoms with Gasteiger partial charge in [0, 0.05) is 19.0 Å². The highest BCUT2D eigenvalue weighted by Crippen LogP contribution is 2.47. The minimum absolute atomic E-state index is 0.00159. The standard InChI is InChI=1S/C11H20ClNO2/c1-10(2,7-12)9(15)13-8-11(3-4-11)5-6-14/h14H,3-8H2,1-2H3,(H,13,15). The van der Waals surface area contributed by atoms with Gasteiger partial charge < -0.3 is 10.4 Å². The Morgan fingerprint density at radius 1 is 1.53 bits per heavy atom. The number of aliphatic hydroxyl groups excluding tert-OH is 1. The summed E-state index contributed by atoms with van der Waals surface area (Å²) in [5.74, 6) is 0.327. The van der Waals surface area contributed by atoms with Crippen molar-refractivity contribution >= 4 is 17.5 Å². The second-order valence-corrected chi connectivity index (χ2v) is 5.44. The molecule has 0 unspecified atom stereocenters. The Morgan fingerprint density at radius 3 is 2.53 bits per heavy atom. The van der Waals surface area contributed by atoms with Gasteiger partial charge in [-0.25, -0.2) is 0 Å². The monoisotopic (exact) mass is 233 g/mol. The van der Waals surface area contributed by atoms with Gasteiger partial charge in [0.25, 0.3) is 0 Å². The van der Waals surface area contributed by atoms with E-state index in [0.717, 1.165) is 19.3 Å². The van der Waals surface area contributed by atoms with Gasteiger partial charge in [-0.15, -0.1) is 11.6 Å². The third-order valence-electron chi connectivity index (χ3n) is 3.17. The van der Waals surface area contributed by atoms with E-state index in [0.29, 0.717) is 12.4 Å². The Bertz CT molecular complexity index is 237. The van der Waals surface area contributed by atoms with Crippen LogP contribution in [0.25, 0.3) is 0 Å². The normalized spacial score (nSPS) is 18.7. The highest BCUT2D eigenvalue weighted by molar-refractivity contribution is 6.19. The molecule has 0 aliphatic heterocycles. The number of halogens is 1. The number of nitrogens with one attached hydrogen (secondary N) is 1. The maximum atomic E-state index is 11.7. The van der Waals surface area contributed by atoms with E-state index in [1.54, 1.807) is 0 Å². The summed E-state index contributed by atoms with van der Waals surface area (Å²) in [5.41, 5.74) is -0.330. The molecule has 1 aliphatic carbocycles. The van der Waals surface area contributed by atoms with Crippen molar-refractivity contribution in [1.29, 1.82) is 0 Å². The molecule has 0 radical (unpaired) electrons. The van der Waals surface area contributed by atoms with Gasteiger partial charge in [0.1, 0.15) is 0 Å². The predicted octanol–water partition coefficient (Wildman–Crippen LogP) is 1.53. The van der Waals surface area contributed by atoms with Gasteiger partial charge in [-0.05, 0) is 38.5 Å². The molecular weight excluding hydrogens is 214 g/mol. The Morgan fingerprint density at radius 2 is 2.13 bits per heavy atom. The van der Waals surface area contributed by atoms with E-state index in [4.69, 9.17) is 16.7 Å². The first-order valence-corrected chi connectivity index (χ1v) is 5.94. The predicted molar refractivity (Wildman–Crippen MR) is 60.9 cm³/mol. The van der Waals surface area contributed by atoms with Gasteiger partial charge in [-0.2, -0.15) is 0 Å². The topological polar surface area (TPSA) is 49.3 Å². The Kier molecular flexibility index (Phi) is 4.01. The zero-order valence-corrected chi connectivity index (χ0v) is 10.2. The summed E-state index contributed by atoms with van der Waals surface area (Å²) in [7, 11) is 0. The first kappa shape index (κ1) is 12.8. The number of rotatable bonds is 6. The molecule has 0 saturated heterocycles. The van der Waals surface area contributed by atoms with Crippen molar-refractivity contribution in [1.82, 2.24) is 5.32 Å². The minimum Gasteiger partial charge on any atom is -0.396 e. The van der Waals surface area contributed by atoms with Crippen molar-refractivity contribution in [2.75, 3.05) is 19.0 Å². The molecule has 1 amide bonds. The van der Waals surface area contributed by atoms with Crippen LogP contribution in [-0.4, -0.2) is 30.0 Å². The molecule has 1 fully saturated rings. The van der Waals surface area contributed by atoms with Crippen molar-refractivity contribution in [2.45, 2.75) is 33.1 Å². The zero-order chi connectivity index (χ0) is 11.5. The van der Waals surface area contributed by atoms with Gasteiger partial charge in [0.2, 0.25) is 5.91 Å². The second-order valence-electron chi connectivity index (χ2n) is 5.17. The smallest absolute Gasteiger partial charge is 0.226 e. The van der Waals surface area contributed by atoms with Crippen LogP contribution in [0.2, 0.25) is 0 Å². The van der Waals surface area contributed by atoms with Crippen LogP contribution in [0.1, 0.15) is 33.1 Å². The number of aliphatic hydroxyl groups is 1. The van der Waals surface area contributed by atoms with Crippen molar-refractivity contribution < 1.29 is 9.90 Å². The summed E-state index contributed by atoms with van der Waals surface area (Å²) in [5, 5.41) is 11.8. The summed E-state index contributed by atoms with van der Waals surface area (Å²) in [6, 6.07) is 0. The summed E-state index contributed by atoms with van der Waals surface area (Å²) < 4.78 is 0. The number of amides is 1. The van der Waals surface area contributed by atoms with E-state index in [-0.39, 0.29) is 17.9 Å². The van der Waals surface area contributed by atoms with Crippen molar-refractivity contribution in [3.63, 3.8) is 0 Å². The van der Waals surface area contributed by atoms with Crippen molar-refractivity contribution in [2.24, 2.45) is 10.8 Å². The molecule has 1 saturated carbocycles. The van der Waals surface area contributed by atoms with Crippen LogP contribution in [0.3, 0.4) is 0 Å². The van der Waals surface area contributed by atoms with Gasteiger partial charge in [-0.1, -0.05) is 0 Å². The molecule has 1 rings (SSSR count). The Labute approximate surface area is 96.2 Å². The highest BCUT2D eigenvalue weighted by Gasteiger charge is 2.42. The number of alkyl halides is 1. The van der Waals surface area contributed by atoms with Gasteiger partial charge in [0.15, 0.2) is 0 Å². The maximum absolute atomic E-state index is 11.7. The number of hydrogen-bond acceptors (Lipinski definition) is 2. The van der Waals surface area contributed by atoms with E-state index in [1.165, 1.54) is 0 Å². The highest BCUT2D eigenvalue weighted by atomic mass is 35.5. The van der Waals surface area contributed by atoms with Gasteiger partial charge >= 0.3 is 0 Å². The quantitative estimate of drug-likeness (QED) is 0.684. The fraction of sp³-hybridized carbons (Fsp3) is 0.909. The van der Waals surface area contributed by atoms with E-state index >= 15 is 0 Å². The van der Waals surface area contributed by atoms with Crippen LogP contribution in [0.15, 0.2) is 0 Å². The van der Waals surface area contributed by atoms with Crippen LogP contribution in [-0.2, 0) is 4.79 Å². The lowest BCUT2D eigenvalue weighted by Crippen LogP contribution is -2.41. The molecule has 1 aliphatic rings. The first-order chi connectivity index (χ1) is 6.96. The average Bonchev–Trinajstić information content (AvgIpc) is 2.95. The lowest BCUT2D eigenvalue weighted by molar-refractivity contribution is -0.128. The van der Waals surface area contributed by atoms with Crippen molar-refractivity contribution in [3.8, 4) is 0 Å². The minimum atomic E-state index is -0.503. The third kappa shape index (κ3) is 3.35. The van der Waals surface area contributed by atoms with E-state index in [1.807, 2.05) is 13.8 Å². The van der Waals surface area contributed by atoms with E-state index in [2.05, 4.69) is 5.32 Å². The van der Waals surface area contributed by atoms with Crippen LogP contribution >= 0.6 is 11.6 Å². The summed E-state index contributed by atoms with van der Waals surface area (Å²) in [4.78, 5) is 11.7. The van der Waals surface area contributed by atoms with E-state index in [9.17, 15) is 4.79 Å². The molecule has 2 N–H and O–H groups in total. The van der Waals surface area contributed by atoms with Crippen LogP contribution in [0.5, 0.6) is 0 Å². The molecule has 88 valence electrons. The second kappa shape index (κ2) is 4.71. The van der Waals surface area contributed by atoms with Gasteiger partial charge in [0.05, 0.1) is 5.41 Å². The number of carbonyl (C=O) groups is 1. The zero-order valence-electron chi connectivity index (χ0n) is 9.48. The summed E-state index contributed by atoms with van der Waals surface area (Å²) >= 11 is 5.71. The van der Waals surface area contributed by atoms with Crippen LogP contribution in [0, 0.1) is 10.8 Å². The molecule has 4 heteroatoms. The molecule has 0 atom stereocenters. The molecule has 3 nitrogen and oxygen atoms in total. The summed E-state index contributed by atoms with van der Waals surface area (Å²) in [6.07, 6.45) is 3.00. The molecule has 15 heavy (non-hydrogen) atoms. The lowest BCUT2D eigenvalue weighted by atomic mass is 9.94. The fourth-order valence-electron chi connectivity index (χ4n) is 1.50. The third-order valence-corrected chi connectivity index (χ3v) is 3.84. The largest absolute Gasteiger partial charge is 0.396 e. The molecule has 0 heterocycles. The SMILES string of the molecule is CC(C)(CCl)C(=O)NCC1(CCO)CC1. The molecule has 0 spiro atoms. The molecule has 0 bridgehead atoms. The number of carbonyl (C=O) groups excluding carboxylic acids is 1. The van der Waals surface area contributed by atoms with E-state index < -0.39 is 5.41 Å². The number of hydrogen-bond donors (Lipinski definition) is 2. The summed E-state index contributed by atoms with van der Waals surface area (Å²) in [6.45, 7) is 4.55.